The summed E-state index contributed by atoms with van der Waals surface area (Å²) in [6.07, 6.45) is 1.78. The average molecular weight is 348 g/mol. The van der Waals surface area contributed by atoms with Crippen LogP contribution in [0.2, 0.25) is 0 Å². The van der Waals surface area contributed by atoms with E-state index in [1.807, 2.05) is 68.6 Å². The van der Waals surface area contributed by atoms with Gasteiger partial charge in [-0.2, -0.15) is 0 Å². The molecule has 0 radical (unpaired) electrons. The van der Waals surface area contributed by atoms with E-state index in [2.05, 4.69) is 18.0 Å². The third kappa shape index (κ3) is 4.09. The molecule has 3 aromatic rings. The summed E-state index contributed by atoms with van der Waals surface area (Å²) < 4.78 is 0. The molecule has 1 aromatic heterocycles. The largest absolute Gasteiger partial charge is 0.311 e. The normalized spacial score (nSPS) is 10.5. The molecule has 0 bridgehead atoms. The zero-order valence-corrected chi connectivity index (χ0v) is 15.4. The quantitative estimate of drug-likeness (QED) is 0.655. The topological polar surface area (TPSA) is 33.2 Å². The fourth-order valence-electron chi connectivity index (χ4n) is 2.68. The van der Waals surface area contributed by atoms with Crippen molar-refractivity contribution in [1.29, 1.82) is 0 Å². The zero-order valence-electron chi connectivity index (χ0n) is 14.6. The Labute approximate surface area is 152 Å². The van der Waals surface area contributed by atoms with Crippen molar-refractivity contribution in [2.45, 2.75) is 23.8 Å². The third-order valence-electron chi connectivity index (χ3n) is 3.98. The van der Waals surface area contributed by atoms with Crippen LogP contribution >= 0.6 is 11.8 Å². The van der Waals surface area contributed by atoms with Gasteiger partial charge in [-0.15, -0.1) is 0 Å². The van der Waals surface area contributed by atoms with Crippen LogP contribution in [-0.2, 0) is 0 Å². The molecule has 0 aliphatic heterocycles. The Morgan fingerprint density at radius 2 is 1.76 bits per heavy atom. The van der Waals surface area contributed by atoms with Crippen molar-refractivity contribution in [3.05, 3.63) is 83.6 Å². The number of carbonyl (C=O) groups excluding carboxylic acids is 1. The smallest absolute Gasteiger partial charge is 0.258 e. The molecular formula is C21H20N2OS. The van der Waals surface area contributed by atoms with E-state index < -0.39 is 0 Å². The summed E-state index contributed by atoms with van der Waals surface area (Å²) in [5.74, 6) is -0.0126. The molecule has 126 valence electrons. The minimum atomic E-state index is -0.0126. The van der Waals surface area contributed by atoms with Crippen LogP contribution in [0.1, 0.15) is 21.5 Å². The van der Waals surface area contributed by atoms with Crippen LogP contribution in [0.15, 0.2) is 76.8 Å². The van der Waals surface area contributed by atoms with Gasteiger partial charge in [-0.3, -0.25) is 4.79 Å². The molecule has 0 saturated heterocycles. The molecule has 0 unspecified atom stereocenters. The number of amides is 1. The monoisotopic (exact) mass is 348 g/mol. The fraction of sp³-hybridized carbons (Fsp3) is 0.143. The van der Waals surface area contributed by atoms with Crippen molar-refractivity contribution >= 4 is 23.4 Å². The summed E-state index contributed by atoms with van der Waals surface area (Å²) >= 11 is 1.58. The molecular weight excluding hydrogens is 328 g/mol. The van der Waals surface area contributed by atoms with Gasteiger partial charge in [0.15, 0.2) is 0 Å². The van der Waals surface area contributed by atoms with Gasteiger partial charge in [0, 0.05) is 29.4 Å². The molecule has 1 amide bonds. The number of aryl methyl sites for hydroxylation is 2. The fourth-order valence-corrected chi connectivity index (χ4v) is 3.45. The summed E-state index contributed by atoms with van der Waals surface area (Å²) in [6, 6.07) is 19.6. The summed E-state index contributed by atoms with van der Waals surface area (Å²) in [7, 11) is 1.82. The first-order valence-corrected chi connectivity index (χ1v) is 8.90. The van der Waals surface area contributed by atoms with Gasteiger partial charge in [-0.25, -0.2) is 4.98 Å². The lowest BCUT2D eigenvalue weighted by molar-refractivity contribution is 0.0993. The Morgan fingerprint density at radius 1 is 1.00 bits per heavy atom. The second kappa shape index (κ2) is 7.53. The SMILES string of the molecule is Cc1ccc(N(C)C(=O)c2ccc(Sc3ccccn3)cc2)c(C)c1. The van der Waals surface area contributed by atoms with Crippen LogP contribution in [0.4, 0.5) is 5.69 Å². The number of hydrogen-bond donors (Lipinski definition) is 0. The molecule has 1 heterocycles. The Kier molecular flexibility index (Phi) is 5.19. The van der Waals surface area contributed by atoms with E-state index in [1.165, 1.54) is 5.56 Å². The Morgan fingerprint density at radius 3 is 2.40 bits per heavy atom. The number of carbonyl (C=O) groups is 1. The highest BCUT2D eigenvalue weighted by Crippen LogP contribution is 2.27. The molecule has 3 rings (SSSR count). The summed E-state index contributed by atoms with van der Waals surface area (Å²) in [4.78, 5) is 19.8. The number of nitrogens with zero attached hydrogens (tertiary/aromatic N) is 2. The predicted octanol–water partition coefficient (Wildman–Crippen LogP) is 5.13. The van der Waals surface area contributed by atoms with Crippen LogP contribution in [0.5, 0.6) is 0 Å². The highest BCUT2D eigenvalue weighted by Gasteiger charge is 2.15. The summed E-state index contributed by atoms with van der Waals surface area (Å²) in [5, 5.41) is 0.939. The maximum Gasteiger partial charge on any atom is 0.258 e. The maximum atomic E-state index is 12.8. The van der Waals surface area contributed by atoms with Crippen molar-refractivity contribution in [3.8, 4) is 0 Å². The molecule has 0 spiro atoms. The van der Waals surface area contributed by atoms with Gasteiger partial charge in [0.25, 0.3) is 5.91 Å². The number of benzene rings is 2. The van der Waals surface area contributed by atoms with Crippen molar-refractivity contribution in [1.82, 2.24) is 4.98 Å². The third-order valence-corrected chi connectivity index (χ3v) is 4.94. The van der Waals surface area contributed by atoms with Crippen molar-refractivity contribution in [2.75, 3.05) is 11.9 Å². The summed E-state index contributed by atoms with van der Waals surface area (Å²) in [5.41, 5.74) is 3.89. The first-order valence-electron chi connectivity index (χ1n) is 8.09. The van der Waals surface area contributed by atoms with E-state index >= 15 is 0 Å². The van der Waals surface area contributed by atoms with E-state index in [4.69, 9.17) is 0 Å². The molecule has 0 aliphatic rings. The van der Waals surface area contributed by atoms with Crippen LogP contribution in [0, 0.1) is 13.8 Å². The second-order valence-corrected chi connectivity index (χ2v) is 7.04. The van der Waals surface area contributed by atoms with Gasteiger partial charge >= 0.3 is 0 Å². The highest BCUT2D eigenvalue weighted by molar-refractivity contribution is 7.99. The minimum absolute atomic E-state index is 0.0126. The van der Waals surface area contributed by atoms with Gasteiger partial charge in [0.2, 0.25) is 0 Å². The van der Waals surface area contributed by atoms with E-state index in [1.54, 1.807) is 22.9 Å². The number of aromatic nitrogens is 1. The van der Waals surface area contributed by atoms with E-state index in [9.17, 15) is 4.79 Å². The molecule has 0 N–H and O–H groups in total. The lowest BCUT2D eigenvalue weighted by atomic mass is 10.1. The molecule has 0 saturated carbocycles. The van der Waals surface area contributed by atoms with Gasteiger partial charge in [0.05, 0.1) is 0 Å². The Bertz CT molecular complexity index is 876. The van der Waals surface area contributed by atoms with Gasteiger partial charge < -0.3 is 4.90 Å². The maximum absolute atomic E-state index is 12.8. The molecule has 2 aromatic carbocycles. The van der Waals surface area contributed by atoms with Crippen molar-refractivity contribution in [2.24, 2.45) is 0 Å². The van der Waals surface area contributed by atoms with Gasteiger partial charge in [-0.05, 0) is 61.9 Å². The first-order chi connectivity index (χ1) is 12.0. The highest BCUT2D eigenvalue weighted by atomic mass is 32.2. The van der Waals surface area contributed by atoms with Gasteiger partial charge in [-0.1, -0.05) is 35.5 Å². The lowest BCUT2D eigenvalue weighted by Crippen LogP contribution is -2.26. The molecule has 0 aliphatic carbocycles. The number of hydrogen-bond acceptors (Lipinski definition) is 3. The van der Waals surface area contributed by atoms with Crippen LogP contribution in [0.25, 0.3) is 0 Å². The zero-order chi connectivity index (χ0) is 17.8. The first kappa shape index (κ1) is 17.2. The molecule has 4 heteroatoms. The average Bonchev–Trinajstić information content (AvgIpc) is 2.62. The van der Waals surface area contributed by atoms with Crippen molar-refractivity contribution < 1.29 is 4.79 Å². The Hall–Kier alpha value is -2.59. The standard InChI is InChI=1S/C21H20N2OS/c1-15-7-12-19(16(2)14-15)23(3)21(24)17-8-10-18(11-9-17)25-20-6-4-5-13-22-20/h4-14H,1-3H3. The molecule has 0 fully saturated rings. The van der Waals surface area contributed by atoms with E-state index in [0.29, 0.717) is 5.56 Å². The second-order valence-electron chi connectivity index (χ2n) is 5.95. The van der Waals surface area contributed by atoms with Crippen molar-refractivity contribution in [3.63, 3.8) is 0 Å². The summed E-state index contributed by atoms with van der Waals surface area (Å²) in [6.45, 7) is 4.08. The Balaban J connectivity index is 1.76. The number of anilines is 1. The van der Waals surface area contributed by atoms with Crippen LogP contribution < -0.4 is 4.90 Å². The minimum Gasteiger partial charge on any atom is -0.311 e. The van der Waals surface area contributed by atoms with Crippen LogP contribution in [0.3, 0.4) is 0 Å². The predicted molar refractivity (Wildman–Crippen MR) is 103 cm³/mol. The van der Waals surface area contributed by atoms with Crippen LogP contribution in [-0.4, -0.2) is 17.9 Å². The number of rotatable bonds is 4. The molecule has 3 nitrogen and oxygen atoms in total. The van der Waals surface area contributed by atoms with E-state index in [-0.39, 0.29) is 5.91 Å². The van der Waals surface area contributed by atoms with Gasteiger partial charge in [0.1, 0.15) is 5.03 Å². The molecule has 25 heavy (non-hydrogen) atoms. The lowest BCUT2D eigenvalue weighted by Gasteiger charge is -2.20. The number of pyridine rings is 1. The molecule has 0 atom stereocenters. The van der Waals surface area contributed by atoms with E-state index in [0.717, 1.165) is 21.2 Å².